The second-order valence-corrected chi connectivity index (χ2v) is 5.30. The van der Waals surface area contributed by atoms with Gasteiger partial charge in [-0.1, -0.05) is 25.4 Å². The molecule has 20 heavy (non-hydrogen) atoms. The molecule has 2 rings (SSSR count). The van der Waals surface area contributed by atoms with Gasteiger partial charge in [-0.3, -0.25) is 4.79 Å². The van der Waals surface area contributed by atoms with Crippen molar-refractivity contribution in [2.75, 3.05) is 5.73 Å². The van der Waals surface area contributed by atoms with Gasteiger partial charge in [-0.2, -0.15) is 0 Å². The first-order valence-corrected chi connectivity index (χ1v) is 6.63. The summed E-state index contributed by atoms with van der Waals surface area (Å²) in [5, 5.41) is 0.507. The van der Waals surface area contributed by atoms with Gasteiger partial charge in [0.2, 0.25) is 0 Å². The van der Waals surface area contributed by atoms with E-state index in [-0.39, 0.29) is 11.4 Å². The Morgan fingerprint density at radius 2 is 2.20 bits per heavy atom. The molecule has 0 bridgehead atoms. The lowest BCUT2D eigenvalue weighted by atomic mass is 10.2. The third-order valence-corrected chi connectivity index (χ3v) is 2.86. The topological polar surface area (TPSA) is 70.1 Å². The molecule has 6 heteroatoms. The molecule has 5 nitrogen and oxygen atoms in total. The van der Waals surface area contributed by atoms with Crippen LogP contribution in [0.1, 0.15) is 13.8 Å². The highest BCUT2D eigenvalue weighted by Gasteiger charge is 2.10. The van der Waals surface area contributed by atoms with E-state index in [9.17, 15) is 4.79 Å². The van der Waals surface area contributed by atoms with Crippen molar-refractivity contribution in [2.45, 2.75) is 20.4 Å². The Morgan fingerprint density at radius 1 is 1.45 bits per heavy atom. The molecule has 1 heterocycles. The highest BCUT2D eigenvalue weighted by atomic mass is 35.5. The van der Waals surface area contributed by atoms with Crippen molar-refractivity contribution in [1.29, 1.82) is 0 Å². The van der Waals surface area contributed by atoms with Crippen molar-refractivity contribution < 1.29 is 4.74 Å². The van der Waals surface area contributed by atoms with Gasteiger partial charge in [-0.15, -0.1) is 0 Å². The predicted octanol–water partition coefficient (Wildman–Crippen LogP) is 2.93. The monoisotopic (exact) mass is 293 g/mol. The van der Waals surface area contributed by atoms with Crippen LogP contribution in [0.15, 0.2) is 35.4 Å². The highest BCUT2D eigenvalue weighted by Crippen LogP contribution is 2.27. The molecule has 0 atom stereocenters. The molecule has 0 saturated heterocycles. The molecule has 0 aliphatic rings. The van der Waals surface area contributed by atoms with E-state index in [4.69, 9.17) is 22.1 Å². The summed E-state index contributed by atoms with van der Waals surface area (Å²) in [5.41, 5.74) is 5.87. The van der Waals surface area contributed by atoms with E-state index in [1.165, 1.54) is 6.20 Å². The Morgan fingerprint density at radius 3 is 2.85 bits per heavy atom. The predicted molar refractivity (Wildman–Crippen MR) is 79.3 cm³/mol. The third kappa shape index (κ3) is 3.30. The molecule has 0 aliphatic heterocycles. The second-order valence-electron chi connectivity index (χ2n) is 4.87. The van der Waals surface area contributed by atoms with E-state index < -0.39 is 0 Å². The standard InChI is InChI=1S/C14H16ClN3O2/c1-9(2)8-18-6-5-17-13(14(18)19)20-12-4-3-10(15)7-11(12)16/h3-7,9H,8,16H2,1-2H3. The lowest BCUT2D eigenvalue weighted by molar-refractivity contribution is 0.434. The third-order valence-electron chi connectivity index (χ3n) is 2.62. The Kier molecular flexibility index (Phi) is 4.29. The summed E-state index contributed by atoms with van der Waals surface area (Å²) < 4.78 is 7.06. The van der Waals surface area contributed by atoms with Crippen LogP contribution in [0, 0.1) is 5.92 Å². The van der Waals surface area contributed by atoms with Crippen LogP contribution in [-0.4, -0.2) is 9.55 Å². The van der Waals surface area contributed by atoms with Gasteiger partial charge in [0.25, 0.3) is 5.88 Å². The summed E-state index contributed by atoms with van der Waals surface area (Å²) in [4.78, 5) is 16.2. The van der Waals surface area contributed by atoms with Gasteiger partial charge < -0.3 is 15.0 Å². The zero-order chi connectivity index (χ0) is 14.7. The first kappa shape index (κ1) is 14.4. The Bertz CT molecular complexity index is 668. The van der Waals surface area contributed by atoms with Gasteiger partial charge >= 0.3 is 5.56 Å². The van der Waals surface area contributed by atoms with E-state index in [0.717, 1.165) is 0 Å². The Labute approximate surface area is 122 Å². The van der Waals surface area contributed by atoms with Crippen LogP contribution < -0.4 is 16.0 Å². The summed E-state index contributed by atoms with van der Waals surface area (Å²) in [7, 11) is 0. The Hall–Kier alpha value is -2.01. The number of hydrogen-bond acceptors (Lipinski definition) is 4. The molecule has 2 aromatic rings. The number of anilines is 1. The van der Waals surface area contributed by atoms with Gasteiger partial charge in [-0.05, 0) is 24.1 Å². The minimum atomic E-state index is -0.282. The van der Waals surface area contributed by atoms with Crippen LogP contribution in [0.5, 0.6) is 11.6 Å². The molecule has 0 amide bonds. The van der Waals surface area contributed by atoms with Gasteiger partial charge in [0.05, 0.1) is 5.69 Å². The summed E-state index contributed by atoms with van der Waals surface area (Å²) in [6.45, 7) is 4.67. The number of nitrogen functional groups attached to an aromatic ring is 1. The fraction of sp³-hybridized carbons (Fsp3) is 0.286. The quantitative estimate of drug-likeness (QED) is 0.880. The van der Waals surface area contributed by atoms with Crippen molar-refractivity contribution in [2.24, 2.45) is 5.92 Å². The van der Waals surface area contributed by atoms with E-state index in [0.29, 0.717) is 28.9 Å². The van der Waals surface area contributed by atoms with Gasteiger partial charge in [0.15, 0.2) is 5.75 Å². The van der Waals surface area contributed by atoms with E-state index in [2.05, 4.69) is 4.98 Å². The minimum Gasteiger partial charge on any atom is -0.432 e. The maximum atomic E-state index is 12.2. The Balaban J connectivity index is 2.32. The molecule has 106 valence electrons. The smallest absolute Gasteiger partial charge is 0.313 e. The molecule has 2 N–H and O–H groups in total. The number of aromatic nitrogens is 2. The highest BCUT2D eigenvalue weighted by molar-refractivity contribution is 6.30. The molecule has 0 aliphatic carbocycles. The number of hydrogen-bond donors (Lipinski definition) is 1. The van der Waals surface area contributed by atoms with Crippen molar-refractivity contribution in [1.82, 2.24) is 9.55 Å². The maximum absolute atomic E-state index is 12.2. The number of benzene rings is 1. The number of nitrogens with zero attached hydrogens (tertiary/aromatic N) is 2. The fourth-order valence-electron chi connectivity index (χ4n) is 1.75. The van der Waals surface area contributed by atoms with Gasteiger partial charge in [-0.25, -0.2) is 4.98 Å². The van der Waals surface area contributed by atoms with Crippen LogP contribution >= 0.6 is 11.6 Å². The van der Waals surface area contributed by atoms with Crippen molar-refractivity contribution in [3.63, 3.8) is 0 Å². The van der Waals surface area contributed by atoms with E-state index >= 15 is 0 Å². The number of rotatable bonds is 4. The van der Waals surface area contributed by atoms with E-state index in [1.807, 2.05) is 13.8 Å². The second kappa shape index (κ2) is 5.96. The average molecular weight is 294 g/mol. The molecule has 0 radical (unpaired) electrons. The molecular weight excluding hydrogens is 278 g/mol. The molecule has 0 unspecified atom stereocenters. The molecule has 0 fully saturated rings. The molecule has 0 saturated carbocycles. The summed E-state index contributed by atoms with van der Waals surface area (Å²) >= 11 is 5.82. The van der Waals surface area contributed by atoms with Crippen LogP contribution in [0.3, 0.4) is 0 Å². The van der Waals surface area contributed by atoms with Crippen LogP contribution in [0.25, 0.3) is 0 Å². The van der Waals surface area contributed by atoms with Crippen molar-refractivity contribution in [3.05, 3.63) is 46.0 Å². The maximum Gasteiger partial charge on any atom is 0.313 e. The summed E-state index contributed by atoms with van der Waals surface area (Å²) in [6, 6.07) is 4.81. The molecule has 0 spiro atoms. The van der Waals surface area contributed by atoms with E-state index in [1.54, 1.807) is 29.0 Å². The van der Waals surface area contributed by atoms with Crippen molar-refractivity contribution >= 4 is 17.3 Å². The lowest BCUT2D eigenvalue weighted by Crippen LogP contribution is -2.23. The summed E-state index contributed by atoms with van der Waals surface area (Å²) in [6.07, 6.45) is 3.17. The molecular formula is C14H16ClN3O2. The van der Waals surface area contributed by atoms with Crippen LogP contribution in [0.2, 0.25) is 5.02 Å². The number of halogens is 1. The zero-order valence-corrected chi connectivity index (χ0v) is 12.1. The summed E-state index contributed by atoms with van der Waals surface area (Å²) in [5.74, 6) is 0.715. The first-order valence-electron chi connectivity index (χ1n) is 6.25. The number of nitrogens with two attached hydrogens (primary N) is 1. The fourth-order valence-corrected chi connectivity index (χ4v) is 1.93. The lowest BCUT2D eigenvalue weighted by Gasteiger charge is -2.11. The van der Waals surface area contributed by atoms with Gasteiger partial charge in [0, 0.05) is 24.0 Å². The van der Waals surface area contributed by atoms with Crippen LogP contribution in [-0.2, 0) is 6.54 Å². The van der Waals surface area contributed by atoms with Gasteiger partial charge in [0.1, 0.15) is 0 Å². The molecule has 1 aromatic carbocycles. The average Bonchev–Trinajstić information content (AvgIpc) is 2.36. The minimum absolute atomic E-state index is 0.00201. The van der Waals surface area contributed by atoms with Crippen LogP contribution in [0.4, 0.5) is 5.69 Å². The van der Waals surface area contributed by atoms with Crippen molar-refractivity contribution in [3.8, 4) is 11.6 Å². The first-order chi connectivity index (χ1) is 9.47. The zero-order valence-electron chi connectivity index (χ0n) is 11.3. The number of ether oxygens (including phenoxy) is 1. The normalized spacial score (nSPS) is 10.8. The SMILES string of the molecule is CC(C)Cn1ccnc(Oc2ccc(Cl)cc2N)c1=O. The molecule has 1 aromatic heterocycles. The largest absolute Gasteiger partial charge is 0.432 e.